The molecule has 0 atom stereocenters. The third kappa shape index (κ3) is 4.67. The lowest BCUT2D eigenvalue weighted by Crippen LogP contribution is -2.20. The van der Waals surface area contributed by atoms with Gasteiger partial charge in [0.25, 0.3) is 5.91 Å². The van der Waals surface area contributed by atoms with Crippen molar-refractivity contribution in [3.8, 4) is 0 Å². The molecular weight excluding hydrogens is 304 g/mol. The van der Waals surface area contributed by atoms with Gasteiger partial charge in [-0.05, 0) is 12.1 Å². The third-order valence-corrected chi connectivity index (χ3v) is 3.33. The van der Waals surface area contributed by atoms with Crippen LogP contribution < -0.4 is 5.43 Å². The maximum absolute atomic E-state index is 11.6. The molecule has 112 valence electrons. The summed E-state index contributed by atoms with van der Waals surface area (Å²) in [6.45, 7) is 0. The van der Waals surface area contributed by atoms with Crippen LogP contribution in [-0.2, 0) is 4.79 Å². The second-order valence-electron chi connectivity index (χ2n) is 4.01. The highest BCUT2D eigenvalue weighted by Crippen LogP contribution is 2.10. The molecule has 1 aromatic heterocycles. The molecule has 0 aliphatic rings. The Labute approximate surface area is 130 Å². The number of thioether (sulfide) groups is 1. The number of benzene rings is 1. The summed E-state index contributed by atoms with van der Waals surface area (Å²) in [5.41, 5.74) is 2.86. The Morgan fingerprint density at radius 2 is 1.95 bits per heavy atom. The molecule has 0 spiro atoms. The lowest BCUT2D eigenvalue weighted by atomic mass is 10.1. The summed E-state index contributed by atoms with van der Waals surface area (Å²) in [5, 5.41) is 13.3. The van der Waals surface area contributed by atoms with Crippen molar-refractivity contribution in [2.75, 3.05) is 5.75 Å². The molecule has 0 saturated carbocycles. The molecule has 8 heteroatoms. The molecule has 2 N–H and O–H groups in total. The van der Waals surface area contributed by atoms with Gasteiger partial charge in [0, 0.05) is 18.0 Å². The number of carbonyl (C=O) groups is 2. The van der Waals surface area contributed by atoms with Gasteiger partial charge in [0.15, 0.2) is 5.16 Å². The molecule has 7 nitrogen and oxygen atoms in total. The first-order chi connectivity index (χ1) is 10.7. The first kappa shape index (κ1) is 15.6. The second kappa shape index (κ2) is 7.89. The van der Waals surface area contributed by atoms with Crippen molar-refractivity contribution < 1.29 is 14.7 Å². The summed E-state index contributed by atoms with van der Waals surface area (Å²) in [6, 6.07) is 8.07. The van der Waals surface area contributed by atoms with Gasteiger partial charge < -0.3 is 5.11 Å². The number of carbonyl (C=O) groups excluding carboxylic acids is 1. The number of hydrogen-bond donors (Lipinski definition) is 2. The Morgan fingerprint density at radius 3 is 2.68 bits per heavy atom. The third-order valence-electron chi connectivity index (χ3n) is 2.46. The van der Waals surface area contributed by atoms with Crippen molar-refractivity contribution in [1.29, 1.82) is 0 Å². The van der Waals surface area contributed by atoms with Crippen LogP contribution in [-0.4, -0.2) is 38.9 Å². The molecule has 22 heavy (non-hydrogen) atoms. The molecule has 0 aliphatic carbocycles. The highest BCUT2D eigenvalue weighted by Gasteiger charge is 2.07. The van der Waals surface area contributed by atoms with Crippen LogP contribution >= 0.6 is 11.8 Å². The van der Waals surface area contributed by atoms with Crippen LogP contribution in [0.25, 0.3) is 0 Å². The predicted octanol–water partition coefficient (Wildman–Crippen LogP) is 1.42. The van der Waals surface area contributed by atoms with Crippen molar-refractivity contribution in [1.82, 2.24) is 15.4 Å². The van der Waals surface area contributed by atoms with Crippen molar-refractivity contribution >= 4 is 29.9 Å². The molecule has 0 fully saturated rings. The van der Waals surface area contributed by atoms with E-state index in [1.165, 1.54) is 24.0 Å². The van der Waals surface area contributed by atoms with Gasteiger partial charge in [-0.2, -0.15) is 5.10 Å². The molecule has 0 saturated heterocycles. The van der Waals surface area contributed by atoms with E-state index in [1.807, 2.05) is 0 Å². The number of carboxylic acid groups (broad SMARTS) is 1. The molecule has 2 rings (SSSR count). The predicted molar refractivity (Wildman–Crippen MR) is 81.9 cm³/mol. The SMILES string of the molecule is O=C(CSc1ncccn1)N/N=C\c1ccccc1C(=O)O. The average molecular weight is 316 g/mol. The van der Waals surface area contributed by atoms with Gasteiger partial charge in [0.1, 0.15) is 0 Å². The van der Waals surface area contributed by atoms with Gasteiger partial charge in [0.2, 0.25) is 0 Å². The van der Waals surface area contributed by atoms with Gasteiger partial charge in [-0.1, -0.05) is 30.0 Å². The minimum Gasteiger partial charge on any atom is -0.478 e. The fourth-order valence-corrected chi connectivity index (χ4v) is 2.10. The lowest BCUT2D eigenvalue weighted by molar-refractivity contribution is -0.118. The monoisotopic (exact) mass is 316 g/mol. The smallest absolute Gasteiger partial charge is 0.336 e. The van der Waals surface area contributed by atoms with Crippen LogP contribution in [0.2, 0.25) is 0 Å². The van der Waals surface area contributed by atoms with E-state index < -0.39 is 5.97 Å². The van der Waals surface area contributed by atoms with Gasteiger partial charge in [-0.25, -0.2) is 20.2 Å². The van der Waals surface area contributed by atoms with Crippen LogP contribution in [0.5, 0.6) is 0 Å². The zero-order chi connectivity index (χ0) is 15.8. The van der Waals surface area contributed by atoms with Gasteiger partial charge >= 0.3 is 5.97 Å². The van der Waals surface area contributed by atoms with Gasteiger partial charge in [-0.15, -0.1) is 0 Å². The largest absolute Gasteiger partial charge is 0.478 e. The molecule has 1 heterocycles. The molecule has 1 aromatic carbocycles. The number of nitrogens with one attached hydrogen (secondary N) is 1. The summed E-state index contributed by atoms with van der Waals surface area (Å²) >= 11 is 1.18. The standard InChI is InChI=1S/C14H12N4O3S/c19-12(9-22-14-15-6-3-7-16-14)18-17-8-10-4-1-2-5-11(10)13(20)21/h1-8H,9H2,(H,18,19)(H,20,21)/b17-8-. The molecule has 1 amide bonds. The van der Waals surface area contributed by atoms with E-state index >= 15 is 0 Å². The Balaban J connectivity index is 1.87. The topological polar surface area (TPSA) is 105 Å². The van der Waals surface area contributed by atoms with Crippen molar-refractivity contribution in [2.24, 2.45) is 5.10 Å². The average Bonchev–Trinajstić information content (AvgIpc) is 2.54. The van der Waals surface area contributed by atoms with Crippen LogP contribution in [0.15, 0.2) is 53.0 Å². The lowest BCUT2D eigenvalue weighted by Gasteiger charge is -2.01. The highest BCUT2D eigenvalue weighted by molar-refractivity contribution is 7.99. The quantitative estimate of drug-likeness (QED) is 0.361. The molecule has 2 aromatic rings. The molecular formula is C14H12N4O3S. The fourth-order valence-electron chi connectivity index (χ4n) is 1.50. The number of amides is 1. The number of aromatic carboxylic acids is 1. The summed E-state index contributed by atoms with van der Waals surface area (Å²) in [4.78, 5) is 30.6. The molecule has 0 radical (unpaired) electrons. The van der Waals surface area contributed by atoms with Crippen molar-refractivity contribution in [2.45, 2.75) is 5.16 Å². The summed E-state index contributed by atoms with van der Waals surface area (Å²) in [5.74, 6) is -1.27. The number of rotatable bonds is 6. The first-order valence-corrected chi connectivity index (χ1v) is 7.19. The Hall–Kier alpha value is -2.74. The van der Waals surface area contributed by atoms with Crippen LogP contribution in [0, 0.1) is 0 Å². The van der Waals surface area contributed by atoms with E-state index in [-0.39, 0.29) is 17.2 Å². The minimum absolute atomic E-state index is 0.113. The van der Waals surface area contributed by atoms with Gasteiger partial charge in [0.05, 0.1) is 17.5 Å². The van der Waals surface area contributed by atoms with E-state index in [9.17, 15) is 9.59 Å². The van der Waals surface area contributed by atoms with Crippen molar-refractivity contribution in [3.05, 3.63) is 53.9 Å². The van der Waals surface area contributed by atoms with E-state index in [1.54, 1.807) is 36.7 Å². The van der Waals surface area contributed by atoms with Gasteiger partial charge in [-0.3, -0.25) is 4.79 Å². The molecule has 0 aliphatic heterocycles. The van der Waals surface area contributed by atoms with E-state index in [4.69, 9.17) is 5.11 Å². The van der Waals surface area contributed by atoms with E-state index in [0.29, 0.717) is 10.7 Å². The van der Waals surface area contributed by atoms with Crippen LogP contribution in [0.1, 0.15) is 15.9 Å². The number of hydrazone groups is 1. The summed E-state index contributed by atoms with van der Waals surface area (Å²) in [7, 11) is 0. The van der Waals surface area contributed by atoms with E-state index in [2.05, 4.69) is 20.5 Å². The minimum atomic E-state index is -1.05. The Kier molecular flexibility index (Phi) is 5.61. The zero-order valence-corrected chi connectivity index (χ0v) is 12.2. The Morgan fingerprint density at radius 1 is 1.23 bits per heavy atom. The number of nitrogens with zero attached hydrogens (tertiary/aromatic N) is 3. The summed E-state index contributed by atoms with van der Waals surface area (Å²) < 4.78 is 0. The number of carboxylic acids is 1. The first-order valence-electron chi connectivity index (χ1n) is 6.21. The highest BCUT2D eigenvalue weighted by atomic mass is 32.2. The van der Waals surface area contributed by atoms with Crippen LogP contribution in [0.3, 0.4) is 0 Å². The van der Waals surface area contributed by atoms with Crippen LogP contribution in [0.4, 0.5) is 0 Å². The normalized spacial score (nSPS) is 10.5. The maximum atomic E-state index is 11.6. The summed E-state index contributed by atoms with van der Waals surface area (Å²) in [6.07, 6.45) is 4.48. The zero-order valence-electron chi connectivity index (χ0n) is 11.3. The fraction of sp³-hybridized carbons (Fsp3) is 0.0714. The van der Waals surface area contributed by atoms with E-state index in [0.717, 1.165) is 0 Å². The molecule has 0 unspecified atom stereocenters. The number of hydrogen-bond acceptors (Lipinski definition) is 6. The number of aromatic nitrogens is 2. The maximum Gasteiger partial charge on any atom is 0.336 e. The molecule has 0 bridgehead atoms. The second-order valence-corrected chi connectivity index (χ2v) is 4.95. The Bertz CT molecular complexity index is 691. The van der Waals surface area contributed by atoms with Crippen molar-refractivity contribution in [3.63, 3.8) is 0 Å².